The molecule has 0 saturated carbocycles. The van der Waals surface area contributed by atoms with Crippen molar-refractivity contribution in [2.45, 2.75) is 75.7 Å². The van der Waals surface area contributed by atoms with Gasteiger partial charge in [0.25, 0.3) is 0 Å². The largest absolute Gasteiger partial charge is 0.213 e. The lowest BCUT2D eigenvalue weighted by Crippen LogP contribution is -1.91. The summed E-state index contributed by atoms with van der Waals surface area (Å²) < 4.78 is 5.06. The second kappa shape index (κ2) is 11.4. The van der Waals surface area contributed by atoms with Crippen molar-refractivity contribution in [2.75, 3.05) is 0 Å². The Morgan fingerprint density at radius 2 is 1.52 bits per heavy atom. The fraction of sp³-hybridized carbons (Fsp3) is 0.632. The maximum Gasteiger partial charge on any atom is 0.103 e. The van der Waals surface area contributed by atoms with Crippen LogP contribution >= 0.6 is 35.3 Å². The van der Waals surface area contributed by atoms with Crippen molar-refractivity contribution in [3.8, 4) is 0 Å². The van der Waals surface area contributed by atoms with Crippen LogP contribution in [0.5, 0.6) is 0 Å². The van der Waals surface area contributed by atoms with Crippen molar-refractivity contribution in [2.24, 2.45) is 4.40 Å². The van der Waals surface area contributed by atoms with Gasteiger partial charge in [-0.05, 0) is 42.5 Å². The lowest BCUT2D eigenvalue weighted by Gasteiger charge is -2.07. The van der Waals surface area contributed by atoms with Gasteiger partial charge in [0.05, 0.1) is 5.04 Å². The van der Waals surface area contributed by atoms with Crippen LogP contribution in [0.15, 0.2) is 28.7 Å². The van der Waals surface area contributed by atoms with Crippen LogP contribution < -0.4 is 0 Å². The van der Waals surface area contributed by atoms with Crippen LogP contribution in [-0.4, -0.2) is 5.04 Å². The standard InChI is InChI=1S/C19H28ClNS2/c1-2-3-4-5-6-7-8-9-10-11-18-21-23-19(22-18)16-12-14-17(20)15-13-16/h12-15,19H,2-11H2,1H3. The third-order valence-corrected chi connectivity index (χ3v) is 6.89. The third-order valence-electron chi connectivity index (χ3n) is 4.13. The van der Waals surface area contributed by atoms with Crippen molar-refractivity contribution < 1.29 is 0 Å². The molecule has 0 fully saturated rings. The SMILES string of the molecule is CCCCCCCCCCCC1=NSC(c2ccc(Cl)cc2)S1. The van der Waals surface area contributed by atoms with E-state index in [-0.39, 0.29) is 0 Å². The third kappa shape index (κ3) is 7.53. The summed E-state index contributed by atoms with van der Waals surface area (Å²) in [4.78, 5) is 0. The second-order valence-corrected chi connectivity index (χ2v) is 8.95. The van der Waals surface area contributed by atoms with Crippen LogP contribution in [0.3, 0.4) is 0 Å². The van der Waals surface area contributed by atoms with Crippen LogP contribution in [0.1, 0.15) is 81.3 Å². The Kier molecular flexibility index (Phi) is 9.55. The van der Waals surface area contributed by atoms with Crippen molar-refractivity contribution >= 4 is 40.4 Å². The fourth-order valence-electron chi connectivity index (χ4n) is 2.71. The molecule has 1 nitrogen and oxygen atoms in total. The van der Waals surface area contributed by atoms with E-state index in [0.29, 0.717) is 4.58 Å². The molecule has 0 aromatic heterocycles. The first-order valence-corrected chi connectivity index (χ1v) is 11.0. The van der Waals surface area contributed by atoms with Gasteiger partial charge in [-0.2, -0.15) is 0 Å². The van der Waals surface area contributed by atoms with E-state index in [1.54, 1.807) is 11.9 Å². The van der Waals surface area contributed by atoms with Crippen LogP contribution in [0.4, 0.5) is 0 Å². The number of unbranched alkanes of at least 4 members (excludes halogenated alkanes) is 8. The van der Waals surface area contributed by atoms with Crippen LogP contribution in [0.2, 0.25) is 5.02 Å². The molecule has 128 valence electrons. The van der Waals surface area contributed by atoms with Gasteiger partial charge in [0.1, 0.15) is 4.58 Å². The highest BCUT2D eigenvalue weighted by atomic mass is 35.5. The van der Waals surface area contributed by atoms with Gasteiger partial charge in [0.2, 0.25) is 0 Å². The van der Waals surface area contributed by atoms with Crippen LogP contribution in [0.25, 0.3) is 0 Å². The molecule has 0 saturated heterocycles. The van der Waals surface area contributed by atoms with E-state index in [9.17, 15) is 0 Å². The van der Waals surface area contributed by atoms with E-state index in [4.69, 9.17) is 11.6 Å². The minimum absolute atomic E-state index is 0.417. The zero-order chi connectivity index (χ0) is 16.3. The average molecular weight is 370 g/mol. The summed E-state index contributed by atoms with van der Waals surface area (Å²) in [5.41, 5.74) is 1.32. The zero-order valence-corrected chi connectivity index (χ0v) is 16.5. The van der Waals surface area contributed by atoms with Gasteiger partial charge in [0, 0.05) is 5.02 Å². The number of benzene rings is 1. The smallest absolute Gasteiger partial charge is 0.103 e. The minimum Gasteiger partial charge on any atom is -0.213 e. The molecule has 0 aliphatic carbocycles. The van der Waals surface area contributed by atoms with Gasteiger partial charge in [-0.3, -0.25) is 0 Å². The topological polar surface area (TPSA) is 12.4 Å². The molecule has 1 aliphatic rings. The number of hydrogen-bond donors (Lipinski definition) is 0. The first kappa shape index (κ1) is 19.2. The number of thioether (sulfide) groups is 1. The van der Waals surface area contributed by atoms with Crippen molar-refractivity contribution in [3.05, 3.63) is 34.9 Å². The molecule has 1 aromatic carbocycles. The van der Waals surface area contributed by atoms with Crippen LogP contribution in [-0.2, 0) is 0 Å². The Balaban J connectivity index is 1.52. The molecule has 0 spiro atoms. The highest BCUT2D eigenvalue weighted by Crippen LogP contribution is 2.47. The van der Waals surface area contributed by atoms with Gasteiger partial charge in [-0.25, -0.2) is 4.40 Å². The summed E-state index contributed by atoms with van der Waals surface area (Å²) in [5.74, 6) is 0. The molecule has 0 amide bonds. The second-order valence-electron chi connectivity index (χ2n) is 6.17. The molecule has 1 heterocycles. The Bertz CT molecular complexity index is 473. The number of nitrogens with zero attached hydrogens (tertiary/aromatic N) is 1. The molecule has 0 radical (unpaired) electrons. The monoisotopic (exact) mass is 369 g/mol. The van der Waals surface area contributed by atoms with Crippen molar-refractivity contribution in [1.29, 1.82) is 0 Å². The first-order valence-electron chi connectivity index (χ1n) is 8.94. The predicted octanol–water partition coefficient (Wildman–Crippen LogP) is 8.05. The van der Waals surface area contributed by atoms with Crippen molar-refractivity contribution in [3.63, 3.8) is 0 Å². The quantitative estimate of drug-likeness (QED) is 0.289. The lowest BCUT2D eigenvalue weighted by molar-refractivity contribution is 0.569. The maximum atomic E-state index is 5.95. The molecular weight excluding hydrogens is 342 g/mol. The van der Waals surface area contributed by atoms with Gasteiger partial charge in [-0.15, -0.1) is 0 Å². The van der Waals surface area contributed by atoms with Gasteiger partial charge in [-0.1, -0.05) is 93.8 Å². The van der Waals surface area contributed by atoms with Gasteiger partial charge >= 0.3 is 0 Å². The van der Waals surface area contributed by atoms with Crippen molar-refractivity contribution in [1.82, 2.24) is 0 Å². The molecule has 0 bridgehead atoms. The van der Waals surface area contributed by atoms with E-state index in [1.165, 1.54) is 68.4 Å². The molecule has 2 rings (SSSR count). The van der Waals surface area contributed by atoms with E-state index in [1.807, 2.05) is 23.9 Å². The highest BCUT2D eigenvalue weighted by molar-refractivity contribution is 8.27. The molecule has 4 heteroatoms. The van der Waals surface area contributed by atoms with E-state index >= 15 is 0 Å². The Morgan fingerprint density at radius 3 is 2.17 bits per heavy atom. The van der Waals surface area contributed by atoms with E-state index in [0.717, 1.165) is 11.4 Å². The fourth-order valence-corrected chi connectivity index (χ4v) is 5.16. The summed E-state index contributed by atoms with van der Waals surface area (Å²) in [7, 11) is 0. The average Bonchev–Trinajstić information content (AvgIpc) is 3.03. The van der Waals surface area contributed by atoms with Gasteiger partial charge in [0.15, 0.2) is 0 Å². The molecule has 0 N–H and O–H groups in total. The zero-order valence-electron chi connectivity index (χ0n) is 14.1. The summed E-state index contributed by atoms with van der Waals surface area (Å²) in [6, 6.07) is 8.17. The number of hydrogen-bond acceptors (Lipinski definition) is 3. The molecule has 23 heavy (non-hydrogen) atoms. The molecule has 1 aromatic rings. The summed E-state index contributed by atoms with van der Waals surface area (Å²) in [6.07, 6.45) is 13.6. The summed E-state index contributed by atoms with van der Waals surface area (Å²) >= 11 is 9.56. The summed E-state index contributed by atoms with van der Waals surface area (Å²) in [5, 5.41) is 2.12. The van der Waals surface area contributed by atoms with E-state index < -0.39 is 0 Å². The molecule has 1 aliphatic heterocycles. The molecule has 1 unspecified atom stereocenters. The normalized spacial score (nSPS) is 17.5. The number of rotatable bonds is 11. The molecule has 1 atom stereocenters. The first-order chi connectivity index (χ1) is 11.3. The molecular formula is C19H28ClNS2. The van der Waals surface area contributed by atoms with Crippen LogP contribution in [0, 0.1) is 0 Å². The summed E-state index contributed by atoms with van der Waals surface area (Å²) in [6.45, 7) is 2.28. The van der Waals surface area contributed by atoms with E-state index in [2.05, 4.69) is 23.5 Å². The predicted molar refractivity (Wildman–Crippen MR) is 109 cm³/mol. The highest BCUT2D eigenvalue weighted by Gasteiger charge is 2.21. The Hall–Kier alpha value is -0.120. The minimum atomic E-state index is 0.417. The van der Waals surface area contributed by atoms with Gasteiger partial charge < -0.3 is 0 Å². The Labute approximate surface area is 155 Å². The lowest BCUT2D eigenvalue weighted by atomic mass is 10.1. The maximum absolute atomic E-state index is 5.95. The number of halogens is 1. The Morgan fingerprint density at radius 1 is 0.913 bits per heavy atom.